The molecule has 1 aromatic heterocycles. The third kappa shape index (κ3) is 2.89. The molecule has 0 aliphatic carbocycles. The Morgan fingerprint density at radius 2 is 2.00 bits per heavy atom. The Bertz CT molecular complexity index is 582. The fourth-order valence-electron chi connectivity index (χ4n) is 1.95. The van der Waals surface area contributed by atoms with Crippen LogP contribution in [0.3, 0.4) is 0 Å². The molecule has 1 heterocycles. The van der Waals surface area contributed by atoms with Gasteiger partial charge in [0.05, 0.1) is 5.69 Å². The Morgan fingerprint density at radius 1 is 1.21 bits per heavy atom. The van der Waals surface area contributed by atoms with Crippen LogP contribution in [0.5, 0.6) is 0 Å². The van der Waals surface area contributed by atoms with Crippen molar-refractivity contribution < 1.29 is 4.39 Å². The largest absolute Gasteiger partial charge is 0.370 e. The molecular formula is C15H18FN3. The van der Waals surface area contributed by atoms with Crippen molar-refractivity contribution in [3.05, 3.63) is 41.5 Å². The van der Waals surface area contributed by atoms with Gasteiger partial charge in [0.1, 0.15) is 17.5 Å². The van der Waals surface area contributed by atoms with Crippen molar-refractivity contribution in [1.29, 1.82) is 0 Å². The van der Waals surface area contributed by atoms with E-state index in [1.54, 1.807) is 13.0 Å². The van der Waals surface area contributed by atoms with E-state index in [-0.39, 0.29) is 5.82 Å². The molecule has 0 bridgehead atoms. The second-order valence-corrected chi connectivity index (χ2v) is 4.35. The number of anilines is 1. The van der Waals surface area contributed by atoms with Crippen LogP contribution in [0.25, 0.3) is 11.3 Å². The van der Waals surface area contributed by atoms with Crippen LogP contribution in [0.4, 0.5) is 10.2 Å². The van der Waals surface area contributed by atoms with Gasteiger partial charge in [-0.1, -0.05) is 19.1 Å². The lowest BCUT2D eigenvalue weighted by atomic mass is 10.0. The molecule has 19 heavy (non-hydrogen) atoms. The van der Waals surface area contributed by atoms with Crippen LogP contribution in [0, 0.1) is 12.7 Å². The molecule has 1 aromatic carbocycles. The summed E-state index contributed by atoms with van der Waals surface area (Å²) >= 11 is 0. The molecule has 0 saturated carbocycles. The zero-order valence-electron chi connectivity index (χ0n) is 11.5. The van der Waals surface area contributed by atoms with Gasteiger partial charge < -0.3 is 5.32 Å². The van der Waals surface area contributed by atoms with Crippen molar-refractivity contribution in [2.45, 2.75) is 27.2 Å². The Balaban J connectivity index is 2.54. The molecule has 100 valence electrons. The molecule has 3 nitrogen and oxygen atoms in total. The molecule has 0 aliphatic heterocycles. The molecule has 0 spiro atoms. The Hall–Kier alpha value is -1.97. The van der Waals surface area contributed by atoms with Gasteiger partial charge in [0, 0.05) is 24.6 Å². The molecule has 2 rings (SSSR count). The van der Waals surface area contributed by atoms with E-state index in [9.17, 15) is 4.39 Å². The Kier molecular flexibility index (Phi) is 4.10. The van der Waals surface area contributed by atoms with Gasteiger partial charge >= 0.3 is 0 Å². The summed E-state index contributed by atoms with van der Waals surface area (Å²) in [5, 5.41) is 3.18. The number of nitrogens with zero attached hydrogens (tertiary/aromatic N) is 2. The number of halogens is 1. The zero-order valence-corrected chi connectivity index (χ0v) is 11.5. The van der Waals surface area contributed by atoms with Crippen molar-refractivity contribution in [2.24, 2.45) is 0 Å². The first kappa shape index (κ1) is 13.5. The monoisotopic (exact) mass is 259 g/mol. The number of nitrogens with one attached hydrogen (secondary N) is 1. The first-order valence-electron chi connectivity index (χ1n) is 6.53. The van der Waals surface area contributed by atoms with Crippen LogP contribution in [0.15, 0.2) is 24.3 Å². The Labute approximate surface area is 112 Å². The predicted octanol–water partition coefficient (Wildman–Crippen LogP) is 3.59. The van der Waals surface area contributed by atoms with E-state index in [4.69, 9.17) is 0 Å². The summed E-state index contributed by atoms with van der Waals surface area (Å²) in [6.45, 7) is 6.58. The predicted molar refractivity (Wildman–Crippen MR) is 75.7 cm³/mol. The molecule has 0 saturated heterocycles. The fraction of sp³-hybridized carbons (Fsp3) is 0.333. The molecular weight excluding hydrogens is 241 g/mol. The summed E-state index contributed by atoms with van der Waals surface area (Å²) in [7, 11) is 0. The van der Waals surface area contributed by atoms with E-state index >= 15 is 0 Å². The molecule has 0 atom stereocenters. The third-order valence-corrected chi connectivity index (χ3v) is 2.99. The lowest BCUT2D eigenvalue weighted by Crippen LogP contribution is -2.04. The van der Waals surface area contributed by atoms with E-state index in [2.05, 4.69) is 15.3 Å². The van der Waals surface area contributed by atoms with Crippen molar-refractivity contribution in [2.75, 3.05) is 11.9 Å². The number of hydrogen-bond acceptors (Lipinski definition) is 3. The number of rotatable bonds is 4. The van der Waals surface area contributed by atoms with E-state index < -0.39 is 0 Å². The summed E-state index contributed by atoms with van der Waals surface area (Å²) in [6.07, 6.45) is 0.751. The average Bonchev–Trinajstić information content (AvgIpc) is 2.42. The maximum absolute atomic E-state index is 13.6. The molecule has 0 amide bonds. The highest BCUT2D eigenvalue weighted by Gasteiger charge is 2.10. The summed E-state index contributed by atoms with van der Waals surface area (Å²) in [4.78, 5) is 8.89. The van der Waals surface area contributed by atoms with Crippen LogP contribution in [-0.4, -0.2) is 16.5 Å². The van der Waals surface area contributed by atoms with Crippen LogP contribution in [-0.2, 0) is 6.42 Å². The molecule has 0 fully saturated rings. The van der Waals surface area contributed by atoms with E-state index in [0.29, 0.717) is 5.56 Å². The molecule has 2 aromatic rings. The smallest absolute Gasteiger partial charge is 0.131 e. The highest BCUT2D eigenvalue weighted by Crippen LogP contribution is 2.25. The Morgan fingerprint density at radius 3 is 2.68 bits per heavy atom. The minimum Gasteiger partial charge on any atom is -0.370 e. The molecule has 0 aliphatic rings. The normalized spacial score (nSPS) is 10.5. The summed E-state index contributed by atoms with van der Waals surface area (Å²) in [5.41, 5.74) is 2.20. The number of aryl methyl sites for hydroxylation is 1. The van der Waals surface area contributed by atoms with Crippen LogP contribution < -0.4 is 5.32 Å². The fourth-order valence-corrected chi connectivity index (χ4v) is 1.95. The van der Waals surface area contributed by atoms with Crippen LogP contribution >= 0.6 is 0 Å². The van der Waals surface area contributed by atoms with Gasteiger partial charge in [0.2, 0.25) is 0 Å². The van der Waals surface area contributed by atoms with Gasteiger partial charge in [-0.15, -0.1) is 0 Å². The lowest BCUT2D eigenvalue weighted by molar-refractivity contribution is 0.619. The zero-order chi connectivity index (χ0) is 13.8. The van der Waals surface area contributed by atoms with Gasteiger partial charge in [0.25, 0.3) is 0 Å². The van der Waals surface area contributed by atoms with Crippen molar-refractivity contribution in [1.82, 2.24) is 9.97 Å². The number of benzene rings is 1. The van der Waals surface area contributed by atoms with E-state index in [0.717, 1.165) is 35.9 Å². The first-order chi connectivity index (χ1) is 9.15. The summed E-state index contributed by atoms with van der Waals surface area (Å²) < 4.78 is 13.6. The molecule has 1 N–H and O–H groups in total. The standard InChI is InChI=1S/C15H18FN3/c1-4-14-18-13(9-15(19-14)17-5-2)11-7-6-8-12(16)10(11)3/h6-9H,4-5H2,1-3H3,(H,17,18,19). The highest BCUT2D eigenvalue weighted by atomic mass is 19.1. The van der Waals surface area contributed by atoms with Crippen molar-refractivity contribution in [3.63, 3.8) is 0 Å². The SMILES string of the molecule is CCNc1cc(-c2cccc(F)c2C)nc(CC)n1. The summed E-state index contributed by atoms with van der Waals surface area (Å²) in [5.74, 6) is 1.34. The topological polar surface area (TPSA) is 37.8 Å². The minimum atomic E-state index is -0.209. The van der Waals surface area contributed by atoms with E-state index in [1.807, 2.05) is 26.0 Å². The molecule has 0 radical (unpaired) electrons. The molecule has 4 heteroatoms. The second kappa shape index (κ2) is 5.78. The average molecular weight is 259 g/mol. The summed E-state index contributed by atoms with van der Waals surface area (Å²) in [6, 6.07) is 6.92. The molecule has 0 unspecified atom stereocenters. The lowest BCUT2D eigenvalue weighted by Gasteiger charge is -2.10. The maximum Gasteiger partial charge on any atom is 0.131 e. The van der Waals surface area contributed by atoms with E-state index in [1.165, 1.54) is 6.07 Å². The quantitative estimate of drug-likeness (QED) is 0.911. The number of aromatic nitrogens is 2. The maximum atomic E-state index is 13.6. The van der Waals surface area contributed by atoms with Crippen molar-refractivity contribution in [3.8, 4) is 11.3 Å². The van der Waals surface area contributed by atoms with Crippen LogP contribution in [0.1, 0.15) is 25.2 Å². The highest BCUT2D eigenvalue weighted by molar-refractivity contribution is 5.66. The second-order valence-electron chi connectivity index (χ2n) is 4.35. The number of hydrogen-bond donors (Lipinski definition) is 1. The van der Waals surface area contributed by atoms with Gasteiger partial charge in [-0.2, -0.15) is 0 Å². The third-order valence-electron chi connectivity index (χ3n) is 2.99. The minimum absolute atomic E-state index is 0.209. The van der Waals surface area contributed by atoms with Gasteiger partial charge in [0.15, 0.2) is 0 Å². The van der Waals surface area contributed by atoms with Gasteiger partial charge in [-0.3, -0.25) is 0 Å². The van der Waals surface area contributed by atoms with Crippen LogP contribution in [0.2, 0.25) is 0 Å². The van der Waals surface area contributed by atoms with Crippen molar-refractivity contribution >= 4 is 5.82 Å². The first-order valence-corrected chi connectivity index (χ1v) is 6.53. The van der Waals surface area contributed by atoms with Gasteiger partial charge in [-0.25, -0.2) is 14.4 Å². The van der Waals surface area contributed by atoms with Gasteiger partial charge in [-0.05, 0) is 25.5 Å².